The Morgan fingerprint density at radius 3 is 3.05 bits per heavy atom. The van der Waals surface area contributed by atoms with Gasteiger partial charge in [-0.1, -0.05) is 12.1 Å². The second-order valence-corrected chi connectivity index (χ2v) is 6.90. The van der Waals surface area contributed by atoms with E-state index in [2.05, 4.69) is 34.2 Å². The number of thiazole rings is 2. The number of nitrogens with zero attached hydrogens (tertiary/aromatic N) is 2. The lowest BCUT2D eigenvalue weighted by atomic mass is 10.2. The van der Waals surface area contributed by atoms with E-state index in [0.717, 1.165) is 32.1 Å². The van der Waals surface area contributed by atoms with Crippen molar-refractivity contribution in [2.45, 2.75) is 13.5 Å². The topological polar surface area (TPSA) is 35.0 Å². The Bertz CT molecular complexity index is 926. The SMILES string of the molecule is Cc1nc2cc(COc3cccc4scnc34)ccc2s1. The minimum absolute atomic E-state index is 0.531. The molecule has 0 spiro atoms. The van der Waals surface area contributed by atoms with E-state index < -0.39 is 0 Å². The predicted molar refractivity (Wildman–Crippen MR) is 88.3 cm³/mol. The van der Waals surface area contributed by atoms with E-state index in [1.54, 1.807) is 22.7 Å². The third kappa shape index (κ3) is 2.39. The first-order valence-corrected chi connectivity index (χ1v) is 8.30. The molecule has 5 heteroatoms. The number of rotatable bonds is 3. The summed E-state index contributed by atoms with van der Waals surface area (Å²) >= 11 is 3.35. The van der Waals surface area contributed by atoms with E-state index in [9.17, 15) is 0 Å². The molecule has 2 aromatic heterocycles. The van der Waals surface area contributed by atoms with E-state index in [4.69, 9.17) is 4.74 Å². The third-order valence-electron chi connectivity index (χ3n) is 3.28. The Morgan fingerprint density at radius 2 is 2.10 bits per heavy atom. The van der Waals surface area contributed by atoms with E-state index in [1.807, 2.05) is 24.6 Å². The maximum absolute atomic E-state index is 5.94. The number of hydrogen-bond acceptors (Lipinski definition) is 5. The largest absolute Gasteiger partial charge is 0.487 e. The van der Waals surface area contributed by atoms with Crippen LogP contribution in [0.5, 0.6) is 5.75 Å². The van der Waals surface area contributed by atoms with Crippen molar-refractivity contribution >= 4 is 43.1 Å². The fraction of sp³-hybridized carbons (Fsp3) is 0.125. The monoisotopic (exact) mass is 312 g/mol. The highest BCUT2D eigenvalue weighted by atomic mass is 32.1. The Labute approximate surface area is 129 Å². The van der Waals surface area contributed by atoms with E-state index in [0.29, 0.717) is 6.61 Å². The molecular weight excluding hydrogens is 300 g/mol. The average Bonchev–Trinajstić information content (AvgIpc) is 3.09. The van der Waals surface area contributed by atoms with E-state index >= 15 is 0 Å². The Balaban J connectivity index is 1.61. The molecule has 104 valence electrons. The van der Waals surface area contributed by atoms with Crippen molar-refractivity contribution in [3.63, 3.8) is 0 Å². The van der Waals surface area contributed by atoms with Crippen molar-refractivity contribution in [2.75, 3.05) is 0 Å². The first-order chi connectivity index (χ1) is 10.3. The molecule has 0 aliphatic carbocycles. The number of fused-ring (bicyclic) bond motifs is 2. The zero-order chi connectivity index (χ0) is 14.2. The maximum atomic E-state index is 5.94. The first kappa shape index (κ1) is 12.7. The predicted octanol–water partition coefficient (Wildman–Crippen LogP) is 4.79. The molecule has 0 bridgehead atoms. The summed E-state index contributed by atoms with van der Waals surface area (Å²) in [6.07, 6.45) is 0. The molecule has 2 aromatic carbocycles. The highest BCUT2D eigenvalue weighted by Gasteiger charge is 2.06. The van der Waals surface area contributed by atoms with Gasteiger partial charge >= 0.3 is 0 Å². The third-order valence-corrected chi connectivity index (χ3v) is 5.02. The normalized spacial score (nSPS) is 11.3. The van der Waals surface area contributed by atoms with Gasteiger partial charge in [0.25, 0.3) is 0 Å². The van der Waals surface area contributed by atoms with Crippen molar-refractivity contribution in [3.05, 3.63) is 52.5 Å². The van der Waals surface area contributed by atoms with Crippen molar-refractivity contribution in [2.24, 2.45) is 0 Å². The highest BCUT2D eigenvalue weighted by Crippen LogP contribution is 2.28. The van der Waals surface area contributed by atoms with Crippen molar-refractivity contribution in [1.82, 2.24) is 9.97 Å². The number of benzene rings is 2. The number of aromatic nitrogens is 2. The van der Waals surface area contributed by atoms with Gasteiger partial charge in [-0.2, -0.15) is 0 Å². The Morgan fingerprint density at radius 1 is 1.14 bits per heavy atom. The van der Waals surface area contributed by atoms with Crippen LogP contribution in [0.3, 0.4) is 0 Å². The fourth-order valence-corrected chi connectivity index (χ4v) is 3.82. The Kier molecular flexibility index (Phi) is 3.09. The lowest BCUT2D eigenvalue weighted by molar-refractivity contribution is 0.309. The van der Waals surface area contributed by atoms with Crippen LogP contribution in [-0.2, 0) is 6.61 Å². The molecule has 0 radical (unpaired) electrons. The van der Waals surface area contributed by atoms with Gasteiger partial charge < -0.3 is 4.74 Å². The second kappa shape index (κ2) is 5.09. The van der Waals surface area contributed by atoms with Crippen molar-refractivity contribution < 1.29 is 4.74 Å². The van der Waals surface area contributed by atoms with Crippen LogP contribution in [0.2, 0.25) is 0 Å². The van der Waals surface area contributed by atoms with Gasteiger partial charge in [0.1, 0.15) is 17.9 Å². The van der Waals surface area contributed by atoms with E-state index in [-0.39, 0.29) is 0 Å². The number of para-hydroxylation sites is 1. The minimum atomic E-state index is 0.531. The summed E-state index contributed by atoms with van der Waals surface area (Å²) in [4.78, 5) is 8.89. The summed E-state index contributed by atoms with van der Waals surface area (Å²) in [5, 5.41) is 1.09. The summed E-state index contributed by atoms with van der Waals surface area (Å²) in [6, 6.07) is 12.3. The molecule has 0 amide bonds. The van der Waals surface area contributed by atoms with Crippen LogP contribution in [0.25, 0.3) is 20.4 Å². The smallest absolute Gasteiger partial charge is 0.146 e. The molecular formula is C16H12N2OS2. The second-order valence-electron chi connectivity index (χ2n) is 4.78. The van der Waals surface area contributed by atoms with Crippen molar-refractivity contribution in [3.8, 4) is 5.75 Å². The fourth-order valence-electron chi connectivity index (χ4n) is 2.32. The number of ether oxygens (including phenoxy) is 1. The molecule has 0 N–H and O–H groups in total. The van der Waals surface area contributed by atoms with Gasteiger partial charge in [-0.15, -0.1) is 22.7 Å². The first-order valence-electron chi connectivity index (χ1n) is 6.61. The number of aryl methyl sites for hydroxylation is 1. The Hall–Kier alpha value is -1.98. The molecule has 0 saturated heterocycles. The van der Waals surface area contributed by atoms with Gasteiger partial charge in [-0.05, 0) is 36.8 Å². The molecule has 4 rings (SSSR count). The van der Waals surface area contributed by atoms with Crippen molar-refractivity contribution in [1.29, 1.82) is 0 Å². The van der Waals surface area contributed by atoms with Crippen LogP contribution < -0.4 is 4.74 Å². The maximum Gasteiger partial charge on any atom is 0.146 e. The van der Waals surface area contributed by atoms with Crippen LogP contribution in [0, 0.1) is 6.92 Å². The molecule has 0 atom stereocenters. The van der Waals surface area contributed by atoms with Gasteiger partial charge in [0.15, 0.2) is 0 Å². The molecule has 0 aliphatic rings. The molecule has 3 nitrogen and oxygen atoms in total. The molecule has 21 heavy (non-hydrogen) atoms. The molecule has 2 heterocycles. The van der Waals surface area contributed by atoms with Crippen LogP contribution in [0.4, 0.5) is 0 Å². The molecule has 0 unspecified atom stereocenters. The van der Waals surface area contributed by atoms with Gasteiger partial charge in [-0.3, -0.25) is 0 Å². The molecule has 4 aromatic rings. The van der Waals surface area contributed by atoms with Gasteiger partial charge in [0.2, 0.25) is 0 Å². The molecule has 0 fully saturated rings. The zero-order valence-electron chi connectivity index (χ0n) is 11.4. The molecule has 0 saturated carbocycles. The summed E-state index contributed by atoms with van der Waals surface area (Å²) in [5.41, 5.74) is 4.96. The summed E-state index contributed by atoms with van der Waals surface area (Å²) < 4.78 is 8.31. The molecule has 0 aliphatic heterocycles. The lowest BCUT2D eigenvalue weighted by Crippen LogP contribution is -1.95. The van der Waals surface area contributed by atoms with Gasteiger partial charge in [0.05, 0.1) is 25.4 Å². The van der Waals surface area contributed by atoms with Crippen LogP contribution in [0.1, 0.15) is 10.6 Å². The van der Waals surface area contributed by atoms with Crippen LogP contribution in [-0.4, -0.2) is 9.97 Å². The van der Waals surface area contributed by atoms with Crippen LogP contribution >= 0.6 is 22.7 Å². The van der Waals surface area contributed by atoms with Gasteiger partial charge in [0, 0.05) is 0 Å². The summed E-state index contributed by atoms with van der Waals surface area (Å²) in [7, 11) is 0. The highest BCUT2D eigenvalue weighted by molar-refractivity contribution is 7.18. The average molecular weight is 312 g/mol. The van der Waals surface area contributed by atoms with Gasteiger partial charge in [-0.25, -0.2) is 9.97 Å². The van der Waals surface area contributed by atoms with E-state index in [1.165, 1.54) is 4.70 Å². The number of hydrogen-bond donors (Lipinski definition) is 0. The zero-order valence-corrected chi connectivity index (χ0v) is 13.0. The summed E-state index contributed by atoms with van der Waals surface area (Å²) in [5.74, 6) is 0.836. The lowest BCUT2D eigenvalue weighted by Gasteiger charge is -2.06. The summed E-state index contributed by atoms with van der Waals surface area (Å²) in [6.45, 7) is 2.56. The quantitative estimate of drug-likeness (QED) is 0.545. The van der Waals surface area contributed by atoms with Crippen LogP contribution in [0.15, 0.2) is 41.9 Å². The minimum Gasteiger partial charge on any atom is -0.487 e. The standard InChI is InChI=1S/C16H12N2OS2/c1-10-18-12-7-11(5-6-14(12)21-10)8-19-13-3-2-4-15-16(13)17-9-20-15/h2-7,9H,8H2,1H3.